The number of hydrogen-bond donors (Lipinski definition) is 0. The summed E-state index contributed by atoms with van der Waals surface area (Å²) in [6, 6.07) is 66.0. The molecule has 16 nitrogen and oxygen atoms in total. The molecule has 16 heteroatoms. The minimum Gasteiger partial charge on any atom is -0.457 e. The second-order valence-corrected chi connectivity index (χ2v) is 35.6. The van der Waals surface area contributed by atoms with Gasteiger partial charge in [-0.1, -0.05) is 220 Å². The summed E-state index contributed by atoms with van der Waals surface area (Å²) < 4.78 is 28.2. The van der Waals surface area contributed by atoms with Crippen molar-refractivity contribution in [1.29, 1.82) is 0 Å². The minimum atomic E-state index is -0.584. The van der Waals surface area contributed by atoms with E-state index in [0.717, 1.165) is 44.5 Å². The molecule has 0 aromatic heterocycles. The Morgan fingerprint density at radius 1 is 0.185 bits per heavy atom. The molecule has 0 saturated heterocycles. The van der Waals surface area contributed by atoms with Gasteiger partial charge in [0.25, 0.3) is 47.3 Å². The van der Waals surface area contributed by atoms with Crippen molar-refractivity contribution >= 4 is 135 Å². The van der Waals surface area contributed by atoms with Crippen LogP contribution in [0.15, 0.2) is 218 Å². The zero-order valence-corrected chi connectivity index (χ0v) is 72.1. The second-order valence-electron chi connectivity index (χ2n) is 35.6. The number of carbonyl (C=O) groups is 8. The van der Waals surface area contributed by atoms with E-state index in [4.69, 9.17) is 18.9 Å². The Kier molecular flexibility index (Phi) is 19.2. The Morgan fingerprint density at radius 2 is 0.403 bits per heavy atom. The van der Waals surface area contributed by atoms with E-state index < -0.39 is 47.3 Å². The molecule has 8 amide bonds. The maximum Gasteiger partial charge on any atom is 0.266 e. The first kappa shape index (κ1) is 79.7. The average Bonchev–Trinajstić information content (AvgIpc) is 0.675. The van der Waals surface area contributed by atoms with Crippen LogP contribution >= 0.6 is 0 Å². The number of imide groups is 4. The molecule has 0 aliphatic carbocycles. The Labute approximate surface area is 718 Å². The predicted molar refractivity (Wildman–Crippen MR) is 492 cm³/mol. The van der Waals surface area contributed by atoms with Crippen molar-refractivity contribution in [3.05, 3.63) is 307 Å². The number of para-hydroxylation sites is 4. The quantitative estimate of drug-likeness (QED) is 0.0400. The maximum absolute atomic E-state index is 16.4. The third kappa shape index (κ3) is 12.2. The van der Waals surface area contributed by atoms with E-state index in [0.29, 0.717) is 144 Å². The molecule has 4 heterocycles. The molecule has 0 bridgehead atoms. The van der Waals surface area contributed by atoms with Crippen LogP contribution in [-0.2, 0) is 0 Å². The van der Waals surface area contributed by atoms with Crippen molar-refractivity contribution in [2.75, 3.05) is 19.6 Å². The second kappa shape index (κ2) is 29.9. The molecule has 124 heavy (non-hydrogen) atoms. The highest BCUT2D eigenvalue weighted by atomic mass is 16.5. The summed E-state index contributed by atoms with van der Waals surface area (Å²) >= 11 is 0. The third-order valence-electron chi connectivity index (χ3n) is 25.3. The van der Waals surface area contributed by atoms with Gasteiger partial charge in [0.2, 0.25) is 0 Å². The standard InChI is InChI=1S/C108H92N4O12/c1-53(2)65-23-17-24-66(54(3)4)97(65)109-101(113)77-33-21-31-73-85(49-47-79(89(73)77)103(109)115)121-61-35-39-63(40-36-61)123-87-51-83-93-84(108(120)112(107(83)119)100-71(59(13)14)29-20-30-72(100)60(15)16)52-88(95-76-44-46-82-92-81(45-43-75(91(76)92)94(87)96(93)95)105(117)111(106(82)118)99-69(57(9)10)27-19-28-70(99)58(11)12)124-64-41-37-62(38-42-64)122-86-50-48-80-90-74(86)32-22-34-78(90)102(114)110(104(80)116)98-67(55(5)6)25-18-26-68(98)56(7)8/h17-60H,1-16H3. The number of rotatable bonds is 20. The summed E-state index contributed by atoms with van der Waals surface area (Å²) in [6.07, 6.45) is 0. The van der Waals surface area contributed by atoms with Crippen molar-refractivity contribution in [3.63, 3.8) is 0 Å². The predicted octanol–water partition coefficient (Wildman–Crippen LogP) is 27.4. The molecule has 15 aromatic rings. The van der Waals surface area contributed by atoms with Gasteiger partial charge in [-0.05, 0) is 217 Å². The monoisotopic (exact) mass is 1640 g/mol. The van der Waals surface area contributed by atoms with Crippen molar-refractivity contribution in [1.82, 2.24) is 0 Å². The molecular formula is C108H92N4O12. The largest absolute Gasteiger partial charge is 0.457 e. The zero-order valence-electron chi connectivity index (χ0n) is 72.1. The number of anilines is 4. The van der Waals surface area contributed by atoms with Crippen LogP contribution in [0.2, 0.25) is 0 Å². The van der Waals surface area contributed by atoms with Gasteiger partial charge >= 0.3 is 0 Å². The van der Waals surface area contributed by atoms with Gasteiger partial charge in [0.15, 0.2) is 0 Å². The van der Waals surface area contributed by atoms with E-state index in [1.165, 1.54) is 19.6 Å². The van der Waals surface area contributed by atoms with Gasteiger partial charge in [0, 0.05) is 81.9 Å². The highest BCUT2D eigenvalue weighted by Gasteiger charge is 2.45. The van der Waals surface area contributed by atoms with E-state index >= 15 is 19.2 Å². The summed E-state index contributed by atoms with van der Waals surface area (Å²) in [5.74, 6) is -1.57. The lowest BCUT2D eigenvalue weighted by molar-refractivity contribution is 0.0877. The summed E-state index contributed by atoms with van der Waals surface area (Å²) in [5.41, 5.74) is 11.5. The van der Waals surface area contributed by atoms with Crippen LogP contribution in [0.5, 0.6) is 46.0 Å². The van der Waals surface area contributed by atoms with E-state index in [9.17, 15) is 19.2 Å². The van der Waals surface area contributed by atoms with Crippen molar-refractivity contribution < 1.29 is 57.3 Å². The van der Waals surface area contributed by atoms with Crippen molar-refractivity contribution in [2.24, 2.45) is 0 Å². The van der Waals surface area contributed by atoms with E-state index in [2.05, 4.69) is 83.1 Å². The highest BCUT2D eigenvalue weighted by Crippen LogP contribution is 2.56. The molecule has 19 rings (SSSR count). The van der Waals surface area contributed by atoms with Gasteiger partial charge < -0.3 is 18.9 Å². The molecule has 0 saturated carbocycles. The Hall–Kier alpha value is -14.1. The fourth-order valence-electron chi connectivity index (χ4n) is 19.4. The molecule has 0 fully saturated rings. The van der Waals surface area contributed by atoms with Crippen LogP contribution in [0.4, 0.5) is 22.7 Å². The summed E-state index contributed by atoms with van der Waals surface area (Å²) in [4.78, 5) is 130. The molecule has 0 radical (unpaired) electrons. The fraction of sp³-hybridized carbons (Fsp3) is 0.222. The molecule has 15 aromatic carbocycles. The number of hydrogen-bond acceptors (Lipinski definition) is 12. The molecule has 616 valence electrons. The van der Waals surface area contributed by atoms with Crippen LogP contribution in [0, 0.1) is 0 Å². The lowest BCUT2D eigenvalue weighted by Gasteiger charge is -2.34. The summed E-state index contributed by atoms with van der Waals surface area (Å²) in [6.45, 7) is 32.8. The SMILES string of the molecule is CC(C)c1cccc(C(C)C)c1N1C(=O)c2cccc3c(Oc4ccc(Oc5cc6c7c(cc(Oc8ccc(Oc9ccc%10c%11c(cccc9%11)C(=O)N(c9c(C(C)C)cccc9C(C)C)C%10=O)cc8)c8c9ccc%10c%11c(ccc(c5c78)c%119)C(=O)N(c5c(C(C)C)cccc5C(C)C)C%10=O)C(=O)N(c5c(C(C)C)cccc5C(C)C)C6=O)cc4)ccc(c23)C1=O. The summed E-state index contributed by atoms with van der Waals surface area (Å²) in [5, 5.41) is 5.84. The van der Waals surface area contributed by atoms with Crippen molar-refractivity contribution in [3.8, 4) is 46.0 Å². The number of amides is 8. The van der Waals surface area contributed by atoms with Crippen LogP contribution in [0.25, 0.3) is 64.6 Å². The lowest BCUT2D eigenvalue weighted by Crippen LogP contribution is -2.42. The number of benzene rings is 15. The first-order valence-electron chi connectivity index (χ1n) is 42.9. The Bertz CT molecular complexity index is 6700. The van der Waals surface area contributed by atoms with E-state index in [1.807, 2.05) is 125 Å². The lowest BCUT2D eigenvalue weighted by atomic mass is 9.80. The van der Waals surface area contributed by atoms with Crippen LogP contribution < -0.4 is 38.5 Å². The number of carbonyl (C=O) groups excluding carboxylic acids is 8. The zero-order chi connectivity index (χ0) is 86.9. The first-order chi connectivity index (χ1) is 59.5. The van der Waals surface area contributed by atoms with Crippen LogP contribution in [0.1, 0.15) is 285 Å². The summed E-state index contributed by atoms with van der Waals surface area (Å²) in [7, 11) is 0. The van der Waals surface area contributed by atoms with E-state index in [1.54, 1.807) is 121 Å². The first-order valence-corrected chi connectivity index (χ1v) is 42.9. The van der Waals surface area contributed by atoms with Crippen molar-refractivity contribution in [2.45, 2.75) is 158 Å². The minimum absolute atomic E-state index is 0.0201. The molecular weight excluding hydrogens is 1550 g/mol. The Balaban J connectivity index is 0.765. The normalized spacial score (nSPS) is 14.1. The van der Waals surface area contributed by atoms with Gasteiger partial charge in [0.05, 0.1) is 33.9 Å². The third-order valence-corrected chi connectivity index (χ3v) is 25.3. The Morgan fingerprint density at radius 3 is 0.669 bits per heavy atom. The smallest absolute Gasteiger partial charge is 0.266 e. The molecule has 0 atom stereocenters. The van der Waals surface area contributed by atoms with Gasteiger partial charge in [-0.15, -0.1) is 0 Å². The van der Waals surface area contributed by atoms with Crippen LogP contribution in [0.3, 0.4) is 0 Å². The molecule has 0 spiro atoms. The highest BCUT2D eigenvalue weighted by molar-refractivity contribution is 6.47. The van der Waals surface area contributed by atoms with Gasteiger partial charge in [-0.2, -0.15) is 0 Å². The fourth-order valence-corrected chi connectivity index (χ4v) is 19.4. The van der Waals surface area contributed by atoms with Gasteiger partial charge in [-0.3, -0.25) is 38.4 Å². The average molecular weight is 1640 g/mol. The maximum atomic E-state index is 16.4. The molecule has 0 unspecified atom stereocenters. The van der Waals surface area contributed by atoms with Crippen LogP contribution in [-0.4, -0.2) is 47.3 Å². The molecule has 4 aliphatic heterocycles. The van der Waals surface area contributed by atoms with Gasteiger partial charge in [0.1, 0.15) is 46.0 Å². The molecule has 0 N–H and O–H groups in total. The number of nitrogens with zero attached hydrogens (tertiary/aromatic N) is 4. The number of ether oxygens (including phenoxy) is 4. The van der Waals surface area contributed by atoms with Gasteiger partial charge in [-0.25, -0.2) is 19.6 Å². The number of fused-ring (bicyclic) bond motifs is 2. The van der Waals surface area contributed by atoms with E-state index in [-0.39, 0.29) is 81.1 Å². The topological polar surface area (TPSA) is 186 Å². The molecule has 4 aliphatic rings.